The fourth-order valence-electron chi connectivity index (χ4n) is 2.50. The standard InChI is InChI=1S/C17H30N6O2.HI/c1-13(2)8-18-17(19-10-16(24)21(3)4)23-6-7-25-15(12-23)14-9-20-22(5)11-14;/h9,11,13,15H,6-8,10,12H2,1-5H3,(H,18,19);1H. The molecule has 1 amide bonds. The summed E-state index contributed by atoms with van der Waals surface area (Å²) in [6.45, 7) is 7.29. The van der Waals surface area contributed by atoms with E-state index in [1.165, 1.54) is 0 Å². The van der Waals surface area contributed by atoms with Crippen LogP contribution in [0.25, 0.3) is 0 Å². The van der Waals surface area contributed by atoms with Crippen LogP contribution in [0.4, 0.5) is 0 Å². The maximum atomic E-state index is 11.9. The van der Waals surface area contributed by atoms with E-state index in [-0.39, 0.29) is 42.5 Å². The number of halogens is 1. The number of aliphatic imine (C=N–C) groups is 1. The molecule has 2 heterocycles. The molecule has 0 aromatic carbocycles. The number of aryl methyl sites for hydroxylation is 1. The van der Waals surface area contributed by atoms with Crippen LogP contribution in [0, 0.1) is 5.92 Å². The first-order valence-corrected chi connectivity index (χ1v) is 8.70. The molecule has 1 unspecified atom stereocenters. The van der Waals surface area contributed by atoms with Gasteiger partial charge in [0, 0.05) is 46.0 Å². The summed E-state index contributed by atoms with van der Waals surface area (Å²) in [5, 5.41) is 7.61. The molecule has 1 aliphatic heterocycles. The fourth-order valence-corrected chi connectivity index (χ4v) is 2.50. The van der Waals surface area contributed by atoms with Crippen molar-refractivity contribution < 1.29 is 9.53 Å². The highest BCUT2D eigenvalue weighted by atomic mass is 127. The first-order chi connectivity index (χ1) is 11.9. The predicted octanol–water partition coefficient (Wildman–Crippen LogP) is 1.10. The van der Waals surface area contributed by atoms with Crippen LogP contribution in [0.15, 0.2) is 17.4 Å². The molecule has 0 bridgehead atoms. The number of nitrogens with zero attached hydrogens (tertiary/aromatic N) is 5. The lowest BCUT2D eigenvalue weighted by Crippen LogP contribution is -2.49. The van der Waals surface area contributed by atoms with E-state index in [1.54, 1.807) is 23.7 Å². The van der Waals surface area contributed by atoms with E-state index < -0.39 is 0 Å². The SMILES string of the molecule is CC(C)CNC(=NCC(=O)N(C)C)N1CCOC(c2cnn(C)c2)C1.I. The summed E-state index contributed by atoms with van der Waals surface area (Å²) in [5.74, 6) is 1.24. The quantitative estimate of drug-likeness (QED) is 0.390. The summed E-state index contributed by atoms with van der Waals surface area (Å²) in [6.07, 6.45) is 3.77. The third-order valence-corrected chi connectivity index (χ3v) is 3.99. The average molecular weight is 478 g/mol. The zero-order valence-corrected chi connectivity index (χ0v) is 18.6. The lowest BCUT2D eigenvalue weighted by atomic mass is 10.1. The number of amides is 1. The Hall–Kier alpha value is -1.36. The van der Waals surface area contributed by atoms with Crippen molar-refractivity contribution in [3.05, 3.63) is 18.0 Å². The summed E-state index contributed by atoms with van der Waals surface area (Å²) in [5.41, 5.74) is 1.06. The van der Waals surface area contributed by atoms with Crippen molar-refractivity contribution in [1.29, 1.82) is 0 Å². The lowest BCUT2D eigenvalue weighted by molar-refractivity contribution is -0.127. The minimum Gasteiger partial charge on any atom is -0.370 e. The molecule has 1 N–H and O–H groups in total. The Bertz CT molecular complexity index is 602. The van der Waals surface area contributed by atoms with Crippen LogP contribution in [0.1, 0.15) is 25.5 Å². The Labute approximate surface area is 173 Å². The van der Waals surface area contributed by atoms with Gasteiger partial charge in [-0.05, 0) is 5.92 Å². The molecular weight excluding hydrogens is 447 g/mol. The molecule has 0 aliphatic carbocycles. The van der Waals surface area contributed by atoms with Crippen molar-refractivity contribution in [2.24, 2.45) is 18.0 Å². The number of likely N-dealkylation sites (N-methyl/N-ethyl adjacent to an activating group) is 1. The number of morpholine rings is 1. The molecule has 148 valence electrons. The molecule has 1 aliphatic rings. The molecule has 0 spiro atoms. The number of guanidine groups is 1. The van der Waals surface area contributed by atoms with Crippen molar-refractivity contribution in [2.45, 2.75) is 20.0 Å². The Morgan fingerprint density at radius 3 is 2.81 bits per heavy atom. The highest BCUT2D eigenvalue weighted by Gasteiger charge is 2.25. The van der Waals surface area contributed by atoms with E-state index in [9.17, 15) is 4.79 Å². The van der Waals surface area contributed by atoms with E-state index in [0.717, 1.165) is 24.6 Å². The van der Waals surface area contributed by atoms with Crippen molar-refractivity contribution in [3.8, 4) is 0 Å². The molecule has 0 radical (unpaired) electrons. The lowest BCUT2D eigenvalue weighted by Gasteiger charge is -2.35. The fraction of sp³-hybridized carbons (Fsp3) is 0.706. The molecule has 1 fully saturated rings. The molecule has 1 saturated heterocycles. The van der Waals surface area contributed by atoms with Crippen LogP contribution < -0.4 is 5.32 Å². The minimum atomic E-state index is -0.0435. The van der Waals surface area contributed by atoms with E-state index in [1.807, 2.05) is 19.4 Å². The smallest absolute Gasteiger partial charge is 0.243 e. The van der Waals surface area contributed by atoms with Gasteiger partial charge in [0.15, 0.2) is 5.96 Å². The second-order valence-corrected chi connectivity index (χ2v) is 6.96. The number of hydrogen-bond acceptors (Lipinski definition) is 4. The zero-order chi connectivity index (χ0) is 18.4. The van der Waals surface area contributed by atoms with Crippen LogP contribution in [0.3, 0.4) is 0 Å². The monoisotopic (exact) mass is 478 g/mol. The van der Waals surface area contributed by atoms with Gasteiger partial charge in [0.1, 0.15) is 12.6 Å². The number of carbonyl (C=O) groups is 1. The normalized spacial score (nSPS) is 17.8. The molecule has 0 saturated carbocycles. The van der Waals surface area contributed by atoms with E-state index in [2.05, 4.69) is 34.2 Å². The van der Waals surface area contributed by atoms with Crippen molar-refractivity contribution in [2.75, 3.05) is 46.9 Å². The highest BCUT2D eigenvalue weighted by Crippen LogP contribution is 2.21. The van der Waals surface area contributed by atoms with Gasteiger partial charge in [-0.25, -0.2) is 4.99 Å². The van der Waals surface area contributed by atoms with Crippen LogP contribution in [0.2, 0.25) is 0 Å². The summed E-state index contributed by atoms with van der Waals surface area (Å²) < 4.78 is 7.67. The van der Waals surface area contributed by atoms with Crippen LogP contribution in [-0.2, 0) is 16.6 Å². The number of ether oxygens (including phenoxy) is 1. The van der Waals surface area contributed by atoms with Crippen molar-refractivity contribution in [1.82, 2.24) is 24.9 Å². The topological polar surface area (TPSA) is 75.0 Å². The molecule has 1 atom stereocenters. The van der Waals surface area contributed by atoms with Gasteiger partial charge in [-0.1, -0.05) is 13.8 Å². The molecule has 9 heteroatoms. The number of carbonyl (C=O) groups excluding carboxylic acids is 1. The van der Waals surface area contributed by atoms with Gasteiger partial charge >= 0.3 is 0 Å². The van der Waals surface area contributed by atoms with Crippen LogP contribution in [0.5, 0.6) is 0 Å². The summed E-state index contributed by atoms with van der Waals surface area (Å²) in [6, 6.07) is 0. The second-order valence-electron chi connectivity index (χ2n) is 6.96. The van der Waals surface area contributed by atoms with Crippen molar-refractivity contribution in [3.63, 3.8) is 0 Å². The summed E-state index contributed by atoms with van der Waals surface area (Å²) in [4.78, 5) is 20.1. The van der Waals surface area contributed by atoms with Gasteiger partial charge < -0.3 is 19.9 Å². The Morgan fingerprint density at radius 1 is 1.50 bits per heavy atom. The van der Waals surface area contributed by atoms with E-state index in [0.29, 0.717) is 19.1 Å². The zero-order valence-electron chi connectivity index (χ0n) is 16.3. The number of aromatic nitrogens is 2. The molecule has 2 rings (SSSR count). The maximum Gasteiger partial charge on any atom is 0.243 e. The van der Waals surface area contributed by atoms with Crippen LogP contribution >= 0.6 is 24.0 Å². The Kier molecular flexibility index (Phi) is 9.34. The summed E-state index contributed by atoms with van der Waals surface area (Å²) >= 11 is 0. The average Bonchev–Trinajstić information content (AvgIpc) is 3.01. The first kappa shape index (κ1) is 22.7. The molecule has 1 aromatic heterocycles. The largest absolute Gasteiger partial charge is 0.370 e. The number of nitrogens with one attached hydrogen (secondary N) is 1. The minimum absolute atomic E-state index is 0. The van der Waals surface area contributed by atoms with Gasteiger partial charge in [0.2, 0.25) is 5.91 Å². The molecular formula is C17H31IN6O2. The Morgan fingerprint density at radius 2 is 2.23 bits per heavy atom. The van der Waals surface area contributed by atoms with Gasteiger partial charge in [-0.3, -0.25) is 9.48 Å². The third kappa shape index (κ3) is 6.75. The van der Waals surface area contributed by atoms with Gasteiger partial charge in [0.05, 0.1) is 19.3 Å². The second kappa shape index (κ2) is 10.7. The van der Waals surface area contributed by atoms with Gasteiger partial charge in [0.25, 0.3) is 0 Å². The van der Waals surface area contributed by atoms with Gasteiger partial charge in [-0.2, -0.15) is 5.10 Å². The number of hydrogen-bond donors (Lipinski definition) is 1. The van der Waals surface area contributed by atoms with Crippen molar-refractivity contribution >= 4 is 35.8 Å². The van der Waals surface area contributed by atoms with E-state index >= 15 is 0 Å². The molecule has 26 heavy (non-hydrogen) atoms. The van der Waals surface area contributed by atoms with E-state index in [4.69, 9.17) is 4.74 Å². The first-order valence-electron chi connectivity index (χ1n) is 8.70. The number of rotatable bonds is 5. The van der Waals surface area contributed by atoms with Gasteiger partial charge in [-0.15, -0.1) is 24.0 Å². The maximum absolute atomic E-state index is 11.9. The Balaban J connectivity index is 0.00000338. The summed E-state index contributed by atoms with van der Waals surface area (Å²) in [7, 11) is 5.38. The third-order valence-electron chi connectivity index (χ3n) is 3.99. The molecule has 1 aromatic rings. The highest BCUT2D eigenvalue weighted by molar-refractivity contribution is 14.0. The predicted molar refractivity (Wildman–Crippen MR) is 113 cm³/mol. The van der Waals surface area contributed by atoms with Crippen LogP contribution in [-0.4, -0.2) is 78.3 Å². The molecule has 8 nitrogen and oxygen atoms in total.